The number of hydrogen-bond acceptors (Lipinski definition) is 3. The van der Waals surface area contributed by atoms with E-state index in [9.17, 15) is 4.79 Å². The third kappa shape index (κ3) is 1.71. The number of aromatic nitrogens is 3. The minimum Gasteiger partial charge on any atom is -0.395 e. The zero-order valence-corrected chi connectivity index (χ0v) is 12.0. The molecule has 2 aromatic rings. The number of hydrogen-bond donors (Lipinski definition) is 2. The highest BCUT2D eigenvalue weighted by Gasteiger charge is 2.31. The Bertz CT molecular complexity index is 669. The normalized spacial score (nSPS) is 18.1. The molecule has 3 rings (SSSR count). The van der Waals surface area contributed by atoms with Gasteiger partial charge in [0.1, 0.15) is 0 Å². The van der Waals surface area contributed by atoms with Gasteiger partial charge in [-0.2, -0.15) is 5.10 Å². The van der Waals surface area contributed by atoms with Gasteiger partial charge in [-0.15, -0.1) is 0 Å². The molecule has 1 unspecified atom stereocenters. The highest BCUT2D eigenvalue weighted by atomic mass is 16.2. The molecule has 1 aliphatic rings. The lowest BCUT2D eigenvalue weighted by atomic mass is 10.1. The number of nitrogens with one attached hydrogen (secondary N) is 1. The highest BCUT2D eigenvalue weighted by Crippen LogP contribution is 2.29. The molecule has 1 aliphatic heterocycles. The number of fused-ring (bicyclic) bond motifs is 1. The molecule has 0 spiro atoms. The quantitative estimate of drug-likeness (QED) is 0.828. The van der Waals surface area contributed by atoms with E-state index in [0.717, 1.165) is 17.9 Å². The number of aromatic amines is 1. The van der Waals surface area contributed by atoms with Crippen LogP contribution in [0.4, 0.5) is 5.69 Å². The van der Waals surface area contributed by atoms with E-state index < -0.39 is 0 Å². The summed E-state index contributed by atoms with van der Waals surface area (Å²) in [5.41, 5.74) is 9.80. The van der Waals surface area contributed by atoms with Crippen LogP contribution in [0.15, 0.2) is 12.1 Å². The lowest BCUT2D eigenvalue weighted by Crippen LogP contribution is -2.41. The van der Waals surface area contributed by atoms with E-state index in [1.165, 1.54) is 5.69 Å². The van der Waals surface area contributed by atoms with E-state index in [0.29, 0.717) is 17.9 Å². The number of nitrogen functional groups attached to an aromatic ring is 1. The first-order chi connectivity index (χ1) is 9.50. The zero-order valence-electron chi connectivity index (χ0n) is 12.0. The van der Waals surface area contributed by atoms with Gasteiger partial charge in [0, 0.05) is 24.5 Å². The van der Waals surface area contributed by atoms with E-state index in [1.807, 2.05) is 18.7 Å². The molecule has 6 heteroatoms. The van der Waals surface area contributed by atoms with Crippen molar-refractivity contribution in [2.75, 3.05) is 12.3 Å². The molecule has 0 saturated carbocycles. The van der Waals surface area contributed by atoms with Gasteiger partial charge in [-0.1, -0.05) is 0 Å². The van der Waals surface area contributed by atoms with Gasteiger partial charge in [-0.25, -0.2) is 0 Å². The molecule has 3 N–H and O–H groups in total. The summed E-state index contributed by atoms with van der Waals surface area (Å²) in [6, 6.07) is 4.20. The van der Waals surface area contributed by atoms with Crippen LogP contribution in [0.25, 0.3) is 0 Å². The average molecular weight is 273 g/mol. The summed E-state index contributed by atoms with van der Waals surface area (Å²) in [4.78, 5) is 14.4. The van der Waals surface area contributed by atoms with Crippen LogP contribution in [0.3, 0.4) is 0 Å². The first-order valence-electron chi connectivity index (χ1n) is 6.78. The number of aryl methyl sites for hydroxylation is 2. The second-order valence-electron chi connectivity index (χ2n) is 5.34. The second-order valence-corrected chi connectivity index (χ2v) is 5.34. The summed E-state index contributed by atoms with van der Waals surface area (Å²) in [5, 5.41) is 6.81. The Morgan fingerprint density at radius 3 is 2.80 bits per heavy atom. The van der Waals surface area contributed by atoms with Gasteiger partial charge in [-0.3, -0.25) is 9.89 Å². The monoisotopic (exact) mass is 273 g/mol. The van der Waals surface area contributed by atoms with Crippen molar-refractivity contribution >= 4 is 11.6 Å². The number of amides is 1. The molecule has 20 heavy (non-hydrogen) atoms. The number of anilines is 1. The Labute approximate surface area is 117 Å². The van der Waals surface area contributed by atoms with Crippen molar-refractivity contribution < 1.29 is 4.79 Å². The highest BCUT2D eigenvalue weighted by molar-refractivity contribution is 5.97. The standard InChI is InChI=1S/C14H19N5O/c1-8-4-5-11-10(3)19(7-6-18(8)11)14(20)13-12(15)9(2)16-17-13/h4-5,10H,6-7,15H2,1-3H3,(H,16,17). The molecule has 6 nitrogen and oxygen atoms in total. The van der Waals surface area contributed by atoms with Gasteiger partial charge in [0.15, 0.2) is 5.69 Å². The van der Waals surface area contributed by atoms with E-state index in [-0.39, 0.29) is 11.9 Å². The summed E-state index contributed by atoms with van der Waals surface area (Å²) in [6.07, 6.45) is 0. The molecule has 0 aliphatic carbocycles. The fourth-order valence-corrected chi connectivity index (χ4v) is 2.84. The molecule has 2 aromatic heterocycles. The zero-order chi connectivity index (χ0) is 14.4. The number of rotatable bonds is 1. The Kier molecular flexibility index (Phi) is 2.81. The summed E-state index contributed by atoms with van der Waals surface area (Å²) < 4.78 is 2.26. The molecule has 0 saturated heterocycles. The topological polar surface area (TPSA) is 79.9 Å². The summed E-state index contributed by atoms with van der Waals surface area (Å²) >= 11 is 0. The molecule has 106 valence electrons. The van der Waals surface area contributed by atoms with Gasteiger partial charge in [-0.05, 0) is 32.9 Å². The van der Waals surface area contributed by atoms with Gasteiger partial charge in [0.25, 0.3) is 5.91 Å². The molecule has 1 amide bonds. The Morgan fingerprint density at radius 1 is 1.40 bits per heavy atom. The average Bonchev–Trinajstić information content (AvgIpc) is 2.95. The van der Waals surface area contributed by atoms with Crippen LogP contribution >= 0.6 is 0 Å². The third-order valence-corrected chi connectivity index (χ3v) is 4.15. The molecule has 0 aromatic carbocycles. The van der Waals surface area contributed by atoms with E-state index >= 15 is 0 Å². The van der Waals surface area contributed by atoms with Crippen LogP contribution in [-0.2, 0) is 6.54 Å². The van der Waals surface area contributed by atoms with E-state index in [1.54, 1.807) is 0 Å². The van der Waals surface area contributed by atoms with Crippen molar-refractivity contribution in [1.82, 2.24) is 19.7 Å². The summed E-state index contributed by atoms with van der Waals surface area (Å²) in [7, 11) is 0. The SMILES string of the molecule is Cc1[nH]nc(C(=O)N2CCn3c(C)ccc3C2C)c1N. The maximum Gasteiger partial charge on any atom is 0.277 e. The first kappa shape index (κ1) is 12.8. The van der Waals surface area contributed by atoms with Gasteiger partial charge >= 0.3 is 0 Å². The van der Waals surface area contributed by atoms with E-state index in [2.05, 4.69) is 33.8 Å². The molecule has 3 heterocycles. The van der Waals surface area contributed by atoms with Gasteiger partial charge in [0.05, 0.1) is 17.4 Å². The van der Waals surface area contributed by atoms with Crippen molar-refractivity contribution in [3.05, 3.63) is 34.9 Å². The van der Waals surface area contributed by atoms with Gasteiger partial charge < -0.3 is 15.2 Å². The van der Waals surface area contributed by atoms with Crippen LogP contribution < -0.4 is 5.73 Å². The Hall–Kier alpha value is -2.24. The predicted molar refractivity (Wildman–Crippen MR) is 76.4 cm³/mol. The lowest BCUT2D eigenvalue weighted by Gasteiger charge is -2.35. The predicted octanol–water partition coefficient (Wildman–Crippen LogP) is 1.63. The minimum atomic E-state index is -0.107. The lowest BCUT2D eigenvalue weighted by molar-refractivity contribution is 0.0638. The first-order valence-corrected chi connectivity index (χ1v) is 6.78. The smallest absolute Gasteiger partial charge is 0.277 e. The minimum absolute atomic E-state index is 0.0290. The Balaban J connectivity index is 1.93. The summed E-state index contributed by atoms with van der Waals surface area (Å²) in [6.45, 7) is 7.43. The molecule has 0 bridgehead atoms. The number of carbonyl (C=O) groups excluding carboxylic acids is 1. The van der Waals surface area contributed by atoms with Crippen molar-refractivity contribution in [3.63, 3.8) is 0 Å². The van der Waals surface area contributed by atoms with Crippen LogP contribution in [0.1, 0.15) is 40.5 Å². The number of nitrogens with zero attached hydrogens (tertiary/aromatic N) is 3. The van der Waals surface area contributed by atoms with Crippen LogP contribution in [-0.4, -0.2) is 32.1 Å². The largest absolute Gasteiger partial charge is 0.395 e. The van der Waals surface area contributed by atoms with Crippen molar-refractivity contribution in [2.24, 2.45) is 0 Å². The Morgan fingerprint density at radius 2 is 2.15 bits per heavy atom. The molecule has 0 fully saturated rings. The number of carbonyl (C=O) groups is 1. The molecule has 1 atom stereocenters. The van der Waals surface area contributed by atoms with Crippen molar-refractivity contribution in [3.8, 4) is 0 Å². The van der Waals surface area contributed by atoms with E-state index in [4.69, 9.17) is 5.73 Å². The number of H-pyrrole nitrogens is 1. The molecular weight excluding hydrogens is 254 g/mol. The van der Waals surface area contributed by atoms with Crippen molar-refractivity contribution in [2.45, 2.75) is 33.4 Å². The fraction of sp³-hybridized carbons (Fsp3) is 0.429. The van der Waals surface area contributed by atoms with Crippen molar-refractivity contribution in [1.29, 1.82) is 0 Å². The second kappa shape index (κ2) is 4.40. The van der Waals surface area contributed by atoms with Crippen LogP contribution in [0, 0.1) is 13.8 Å². The molecule has 0 radical (unpaired) electrons. The fourth-order valence-electron chi connectivity index (χ4n) is 2.84. The maximum absolute atomic E-state index is 12.6. The van der Waals surface area contributed by atoms with Gasteiger partial charge in [0.2, 0.25) is 0 Å². The molecular formula is C14H19N5O. The number of nitrogens with two attached hydrogens (primary N) is 1. The van der Waals surface area contributed by atoms with Crippen LogP contribution in [0.2, 0.25) is 0 Å². The van der Waals surface area contributed by atoms with Crippen LogP contribution in [0.5, 0.6) is 0 Å². The third-order valence-electron chi connectivity index (χ3n) is 4.15. The maximum atomic E-state index is 12.6. The summed E-state index contributed by atoms with van der Waals surface area (Å²) in [5.74, 6) is -0.107.